The number of halogens is 1. The molecule has 9 nitrogen and oxygen atoms in total. The number of aryl methyl sites for hydroxylation is 1. The lowest BCUT2D eigenvalue weighted by Gasteiger charge is -2.29. The highest BCUT2D eigenvalue weighted by atomic mass is 32.2. The number of carbonyl (C=O) groups is 1. The zero-order valence-corrected chi connectivity index (χ0v) is 19.6. The number of carbonyl (C=O) groups excluding carboxylic acids is 1. The monoisotopic (exact) mass is 473 g/mol. The van der Waals surface area contributed by atoms with E-state index in [0.29, 0.717) is 30.9 Å². The van der Waals surface area contributed by atoms with Crippen molar-refractivity contribution in [2.75, 3.05) is 44.5 Å². The van der Waals surface area contributed by atoms with Crippen molar-refractivity contribution < 1.29 is 31.8 Å². The number of fused-ring (bicyclic) bond motifs is 1. The van der Waals surface area contributed by atoms with Gasteiger partial charge in [0.25, 0.3) is 5.91 Å². The first-order chi connectivity index (χ1) is 15.2. The highest BCUT2D eigenvalue weighted by molar-refractivity contribution is 7.92. The van der Waals surface area contributed by atoms with Gasteiger partial charge in [-0.1, -0.05) is 13.8 Å². The third kappa shape index (κ3) is 5.89. The number of methoxy groups -OCH3 is 1. The molecule has 1 heterocycles. The molecule has 32 heavy (non-hydrogen) atoms. The summed E-state index contributed by atoms with van der Waals surface area (Å²) in [5, 5.41) is 3.47. The molecule has 0 bridgehead atoms. The third-order valence-corrected chi connectivity index (χ3v) is 6.94. The maximum atomic E-state index is 15.8. The van der Waals surface area contributed by atoms with Gasteiger partial charge in [0.15, 0.2) is 12.6 Å². The van der Waals surface area contributed by atoms with Crippen molar-refractivity contribution in [1.29, 1.82) is 0 Å². The molecule has 0 radical (unpaired) electrons. The van der Waals surface area contributed by atoms with Gasteiger partial charge in [0, 0.05) is 13.2 Å². The standard InChI is InChI=1S/C21H32FN3O6S/c1-14(2)6-7-23-16-5-4-15-10-18(31-13-30-9-8-29-3)21(20(22)17(15)11-16)25-12-19(26)24-32(25,27)28/h10,14,16,23H,4-9,11-13H2,1-3H3,(H,24,26). The Bertz CT molecular complexity index is 925. The normalized spacial score (nSPS) is 19.8. The van der Waals surface area contributed by atoms with Gasteiger partial charge in [-0.15, -0.1) is 0 Å². The van der Waals surface area contributed by atoms with Crippen LogP contribution >= 0.6 is 0 Å². The molecule has 1 aromatic carbocycles. The Labute approximate surface area is 188 Å². The molecule has 0 saturated carbocycles. The van der Waals surface area contributed by atoms with E-state index in [1.807, 2.05) is 4.72 Å². The topological polar surface area (TPSA) is 106 Å². The Morgan fingerprint density at radius 2 is 2.12 bits per heavy atom. The fourth-order valence-corrected chi connectivity index (χ4v) is 5.03. The minimum Gasteiger partial charge on any atom is -0.465 e. The van der Waals surface area contributed by atoms with E-state index < -0.39 is 28.5 Å². The van der Waals surface area contributed by atoms with Crippen molar-refractivity contribution in [1.82, 2.24) is 10.0 Å². The molecule has 1 aliphatic carbocycles. The van der Waals surface area contributed by atoms with Gasteiger partial charge < -0.3 is 19.5 Å². The zero-order valence-electron chi connectivity index (χ0n) is 18.8. The molecule has 1 unspecified atom stereocenters. The molecule has 3 rings (SSSR count). The van der Waals surface area contributed by atoms with Crippen LogP contribution in [0.5, 0.6) is 5.75 Å². The number of anilines is 1. The third-order valence-electron chi connectivity index (χ3n) is 5.57. The number of rotatable bonds is 11. The molecule has 1 fully saturated rings. The van der Waals surface area contributed by atoms with Crippen molar-refractivity contribution in [3.05, 3.63) is 23.0 Å². The first-order valence-corrected chi connectivity index (χ1v) is 12.3. The highest BCUT2D eigenvalue weighted by Crippen LogP contribution is 2.40. The van der Waals surface area contributed by atoms with Crippen LogP contribution in [0.1, 0.15) is 37.8 Å². The van der Waals surface area contributed by atoms with Gasteiger partial charge in [0.05, 0.1) is 13.2 Å². The average molecular weight is 474 g/mol. The summed E-state index contributed by atoms with van der Waals surface area (Å²) >= 11 is 0. The van der Waals surface area contributed by atoms with Crippen LogP contribution in [0, 0.1) is 11.7 Å². The summed E-state index contributed by atoms with van der Waals surface area (Å²) < 4.78 is 59.1. The lowest BCUT2D eigenvalue weighted by atomic mass is 9.87. The van der Waals surface area contributed by atoms with Crippen LogP contribution in [-0.2, 0) is 37.3 Å². The van der Waals surface area contributed by atoms with E-state index in [-0.39, 0.29) is 30.9 Å². The molecule has 180 valence electrons. The Kier molecular flexibility index (Phi) is 8.32. The maximum absolute atomic E-state index is 15.8. The average Bonchev–Trinajstić information content (AvgIpc) is 2.99. The number of hydrogen-bond acceptors (Lipinski definition) is 7. The van der Waals surface area contributed by atoms with E-state index in [4.69, 9.17) is 14.2 Å². The van der Waals surface area contributed by atoms with E-state index in [1.54, 1.807) is 6.07 Å². The molecular formula is C21H32FN3O6S. The summed E-state index contributed by atoms with van der Waals surface area (Å²) in [6.45, 7) is 5.06. The predicted molar refractivity (Wildman–Crippen MR) is 117 cm³/mol. The van der Waals surface area contributed by atoms with Crippen molar-refractivity contribution in [3.63, 3.8) is 0 Å². The van der Waals surface area contributed by atoms with Gasteiger partial charge >= 0.3 is 10.2 Å². The summed E-state index contributed by atoms with van der Waals surface area (Å²) in [7, 11) is -2.66. The molecule has 1 amide bonds. The van der Waals surface area contributed by atoms with Crippen LogP contribution < -0.4 is 19.1 Å². The van der Waals surface area contributed by atoms with Crippen LogP contribution in [0.2, 0.25) is 0 Å². The lowest BCUT2D eigenvalue weighted by molar-refractivity contribution is -0.117. The highest BCUT2D eigenvalue weighted by Gasteiger charge is 2.39. The fraction of sp³-hybridized carbons (Fsp3) is 0.667. The SMILES string of the molecule is COCCOCOc1cc2c(c(F)c1N1CC(=O)NS1(=O)=O)CC(NCCC(C)C)CC2. The predicted octanol–water partition coefficient (Wildman–Crippen LogP) is 1.50. The van der Waals surface area contributed by atoms with Crippen molar-refractivity contribution >= 4 is 21.8 Å². The second-order valence-electron chi connectivity index (χ2n) is 8.45. The Morgan fingerprint density at radius 3 is 2.78 bits per heavy atom. The molecular weight excluding hydrogens is 441 g/mol. The van der Waals surface area contributed by atoms with E-state index in [2.05, 4.69) is 19.2 Å². The lowest BCUT2D eigenvalue weighted by Crippen LogP contribution is -2.37. The fourth-order valence-electron chi connectivity index (χ4n) is 3.87. The van der Waals surface area contributed by atoms with E-state index in [1.165, 1.54) is 7.11 Å². The van der Waals surface area contributed by atoms with E-state index >= 15 is 4.39 Å². The van der Waals surface area contributed by atoms with Crippen molar-refractivity contribution in [2.45, 2.75) is 45.6 Å². The second kappa shape index (κ2) is 10.8. The minimum absolute atomic E-state index is 0.0324. The van der Waals surface area contributed by atoms with Gasteiger partial charge in [-0.3, -0.25) is 4.79 Å². The smallest absolute Gasteiger partial charge is 0.326 e. The Morgan fingerprint density at radius 1 is 1.34 bits per heavy atom. The largest absolute Gasteiger partial charge is 0.465 e. The van der Waals surface area contributed by atoms with Crippen LogP contribution in [0.4, 0.5) is 10.1 Å². The molecule has 1 saturated heterocycles. The molecule has 11 heteroatoms. The van der Waals surface area contributed by atoms with Gasteiger partial charge in [-0.05, 0) is 55.3 Å². The van der Waals surface area contributed by atoms with Crippen molar-refractivity contribution in [3.8, 4) is 5.75 Å². The molecule has 1 atom stereocenters. The number of nitrogens with zero attached hydrogens (tertiary/aromatic N) is 1. The summed E-state index contributed by atoms with van der Waals surface area (Å²) in [5.41, 5.74) is 0.965. The number of nitrogens with one attached hydrogen (secondary N) is 2. The van der Waals surface area contributed by atoms with Crippen molar-refractivity contribution in [2.24, 2.45) is 5.92 Å². The van der Waals surface area contributed by atoms with E-state index in [9.17, 15) is 13.2 Å². The Balaban J connectivity index is 1.88. The molecule has 2 aliphatic rings. The Hall–Kier alpha value is -1.95. The van der Waals surface area contributed by atoms with E-state index in [0.717, 1.165) is 29.3 Å². The number of benzene rings is 1. The van der Waals surface area contributed by atoms with Crippen LogP contribution in [0.15, 0.2) is 6.07 Å². The second-order valence-corrected chi connectivity index (χ2v) is 10.0. The van der Waals surface area contributed by atoms with Gasteiger partial charge in [-0.2, -0.15) is 8.42 Å². The van der Waals surface area contributed by atoms with Crippen LogP contribution in [0.3, 0.4) is 0 Å². The van der Waals surface area contributed by atoms with Gasteiger partial charge in [-0.25, -0.2) is 13.4 Å². The summed E-state index contributed by atoms with van der Waals surface area (Å²) in [6, 6.07) is 1.76. The first kappa shape index (κ1) is 24.7. The molecule has 0 spiro atoms. The summed E-state index contributed by atoms with van der Waals surface area (Å²) in [4.78, 5) is 11.8. The summed E-state index contributed by atoms with van der Waals surface area (Å²) in [6.07, 6.45) is 2.94. The quantitative estimate of drug-likeness (QED) is 0.371. The summed E-state index contributed by atoms with van der Waals surface area (Å²) in [5.74, 6) is -0.801. The number of ether oxygens (including phenoxy) is 3. The van der Waals surface area contributed by atoms with Gasteiger partial charge in [0.1, 0.15) is 18.0 Å². The molecule has 1 aromatic rings. The molecule has 0 aromatic heterocycles. The number of amides is 1. The minimum atomic E-state index is -4.20. The van der Waals surface area contributed by atoms with Gasteiger partial charge in [0.2, 0.25) is 0 Å². The maximum Gasteiger partial charge on any atom is 0.326 e. The van der Waals surface area contributed by atoms with Crippen LogP contribution in [0.25, 0.3) is 0 Å². The molecule has 2 N–H and O–H groups in total. The zero-order chi connectivity index (χ0) is 23.3. The molecule has 1 aliphatic heterocycles. The first-order valence-electron chi connectivity index (χ1n) is 10.8. The number of hydrogen-bond donors (Lipinski definition) is 2. The van der Waals surface area contributed by atoms with Crippen LogP contribution in [-0.4, -0.2) is 60.6 Å².